The predicted octanol–water partition coefficient (Wildman–Crippen LogP) is 5.64. The van der Waals surface area contributed by atoms with E-state index in [1.165, 1.54) is 21.8 Å². The summed E-state index contributed by atoms with van der Waals surface area (Å²) >= 11 is 5.46. The molecule has 0 radical (unpaired) electrons. The SMILES string of the molecule is CCn1c2ccccc2c2cc(/C=N\n3c(-c4cc(OC)c(OC)c(OC)c4)n[nH]c3=S)ccc21. The molecule has 8 nitrogen and oxygen atoms in total. The number of hydrogen-bond acceptors (Lipinski definition) is 6. The van der Waals surface area contributed by atoms with Crippen molar-refractivity contribution in [2.45, 2.75) is 13.5 Å². The molecule has 0 atom stereocenters. The van der Waals surface area contributed by atoms with Crippen LogP contribution in [0.2, 0.25) is 0 Å². The second-order valence-corrected chi connectivity index (χ2v) is 8.25. The molecule has 2 aromatic heterocycles. The second-order valence-electron chi connectivity index (χ2n) is 7.86. The minimum absolute atomic E-state index is 0.369. The molecule has 5 rings (SSSR count). The van der Waals surface area contributed by atoms with E-state index in [0.29, 0.717) is 33.4 Å². The zero-order chi connectivity index (χ0) is 24.5. The highest BCUT2D eigenvalue weighted by molar-refractivity contribution is 7.71. The van der Waals surface area contributed by atoms with Crippen LogP contribution in [0.15, 0.2) is 59.7 Å². The van der Waals surface area contributed by atoms with Gasteiger partial charge in [-0.05, 0) is 55.0 Å². The molecule has 178 valence electrons. The van der Waals surface area contributed by atoms with E-state index < -0.39 is 0 Å². The van der Waals surface area contributed by atoms with Crippen molar-refractivity contribution in [1.29, 1.82) is 0 Å². The number of hydrogen-bond donors (Lipinski definition) is 1. The maximum absolute atomic E-state index is 5.49. The van der Waals surface area contributed by atoms with Crippen molar-refractivity contribution < 1.29 is 14.2 Å². The molecule has 0 saturated carbocycles. The lowest BCUT2D eigenvalue weighted by atomic mass is 10.1. The number of rotatable bonds is 7. The number of methoxy groups -OCH3 is 3. The van der Waals surface area contributed by atoms with Crippen molar-refractivity contribution >= 4 is 40.2 Å². The number of nitrogens with one attached hydrogen (secondary N) is 1. The maximum atomic E-state index is 5.49. The number of para-hydroxylation sites is 1. The average Bonchev–Trinajstić information content (AvgIpc) is 3.43. The summed E-state index contributed by atoms with van der Waals surface area (Å²) in [6.07, 6.45) is 1.78. The molecule has 0 aliphatic rings. The molecule has 0 aliphatic heterocycles. The monoisotopic (exact) mass is 487 g/mol. The van der Waals surface area contributed by atoms with Crippen LogP contribution in [0.5, 0.6) is 17.2 Å². The number of ether oxygens (including phenoxy) is 3. The Morgan fingerprint density at radius 2 is 1.66 bits per heavy atom. The average molecular weight is 488 g/mol. The molecule has 2 heterocycles. The van der Waals surface area contributed by atoms with Gasteiger partial charge >= 0.3 is 0 Å². The molecule has 0 spiro atoms. The van der Waals surface area contributed by atoms with E-state index in [-0.39, 0.29) is 0 Å². The van der Waals surface area contributed by atoms with E-state index in [4.69, 9.17) is 26.4 Å². The molecule has 0 fully saturated rings. The third-order valence-corrected chi connectivity index (χ3v) is 6.27. The van der Waals surface area contributed by atoms with Gasteiger partial charge in [0.05, 0.1) is 27.5 Å². The van der Waals surface area contributed by atoms with Crippen LogP contribution < -0.4 is 14.2 Å². The van der Waals surface area contributed by atoms with E-state index in [0.717, 1.165) is 12.1 Å². The zero-order valence-corrected chi connectivity index (χ0v) is 20.7. The van der Waals surface area contributed by atoms with Gasteiger partial charge in [0.2, 0.25) is 10.5 Å². The van der Waals surface area contributed by atoms with Crippen LogP contribution in [0, 0.1) is 4.77 Å². The minimum Gasteiger partial charge on any atom is -0.493 e. The van der Waals surface area contributed by atoms with Crippen LogP contribution in [0.4, 0.5) is 0 Å². The first kappa shape index (κ1) is 22.7. The quantitative estimate of drug-likeness (QED) is 0.237. The van der Waals surface area contributed by atoms with Crippen LogP contribution in [0.1, 0.15) is 12.5 Å². The third-order valence-electron chi connectivity index (χ3n) is 6.01. The molecule has 35 heavy (non-hydrogen) atoms. The van der Waals surface area contributed by atoms with Crippen LogP contribution in [-0.4, -0.2) is 47.0 Å². The molecular weight excluding hydrogens is 462 g/mol. The third kappa shape index (κ3) is 3.83. The fraction of sp³-hybridized carbons (Fsp3) is 0.192. The first-order valence-electron chi connectivity index (χ1n) is 11.1. The highest BCUT2D eigenvalue weighted by Gasteiger charge is 2.17. The summed E-state index contributed by atoms with van der Waals surface area (Å²) in [6, 6.07) is 18.4. The van der Waals surface area contributed by atoms with E-state index in [2.05, 4.69) is 69.3 Å². The van der Waals surface area contributed by atoms with E-state index in [1.54, 1.807) is 32.2 Å². The minimum atomic E-state index is 0.369. The molecule has 0 unspecified atom stereocenters. The summed E-state index contributed by atoms with van der Waals surface area (Å²) in [5.41, 5.74) is 4.09. The molecule has 3 aromatic carbocycles. The predicted molar refractivity (Wildman–Crippen MR) is 141 cm³/mol. The van der Waals surface area contributed by atoms with Crippen molar-refractivity contribution in [1.82, 2.24) is 19.4 Å². The maximum Gasteiger partial charge on any atom is 0.216 e. The standard InChI is InChI=1S/C26H25N5O3S/c1-5-30-20-9-7-6-8-18(20)19-12-16(10-11-21(19)30)15-27-31-25(28-29-26(31)35)17-13-22(32-2)24(34-4)23(14-17)33-3/h6-15H,5H2,1-4H3,(H,29,35)/b27-15-. The van der Waals surface area contributed by atoms with Gasteiger partial charge < -0.3 is 18.8 Å². The van der Waals surface area contributed by atoms with Crippen LogP contribution >= 0.6 is 12.2 Å². The molecule has 0 amide bonds. The van der Waals surface area contributed by atoms with Crippen molar-refractivity contribution in [3.05, 3.63) is 64.9 Å². The van der Waals surface area contributed by atoms with Gasteiger partial charge in [-0.15, -0.1) is 0 Å². The number of benzene rings is 3. The summed E-state index contributed by atoms with van der Waals surface area (Å²) in [7, 11) is 4.71. The topological polar surface area (TPSA) is 78.6 Å². The number of aromatic nitrogens is 4. The molecule has 0 aliphatic carbocycles. The molecular formula is C26H25N5O3S. The zero-order valence-electron chi connectivity index (χ0n) is 19.9. The fourth-order valence-electron chi connectivity index (χ4n) is 4.41. The van der Waals surface area contributed by atoms with E-state index in [9.17, 15) is 0 Å². The lowest BCUT2D eigenvalue weighted by Crippen LogP contribution is -1.99. The Kier molecular flexibility index (Phi) is 6.00. The van der Waals surface area contributed by atoms with Gasteiger partial charge in [-0.2, -0.15) is 14.9 Å². The number of nitrogens with zero attached hydrogens (tertiary/aromatic N) is 4. The number of aromatic amines is 1. The highest BCUT2D eigenvalue weighted by Crippen LogP contribution is 2.40. The lowest BCUT2D eigenvalue weighted by molar-refractivity contribution is 0.324. The first-order valence-corrected chi connectivity index (χ1v) is 11.5. The smallest absolute Gasteiger partial charge is 0.216 e. The Balaban J connectivity index is 1.58. The van der Waals surface area contributed by atoms with E-state index >= 15 is 0 Å². The number of fused-ring (bicyclic) bond motifs is 3. The molecule has 0 bridgehead atoms. The molecule has 9 heteroatoms. The Morgan fingerprint density at radius 3 is 2.34 bits per heavy atom. The van der Waals surface area contributed by atoms with Gasteiger partial charge in [0.1, 0.15) is 0 Å². The second kappa shape index (κ2) is 9.27. The number of H-pyrrole nitrogens is 1. The van der Waals surface area contributed by atoms with Gasteiger partial charge in [0, 0.05) is 33.9 Å². The summed E-state index contributed by atoms with van der Waals surface area (Å²) in [5, 5.41) is 14.3. The fourth-order valence-corrected chi connectivity index (χ4v) is 4.59. The molecule has 1 N–H and O–H groups in total. The van der Waals surface area contributed by atoms with Gasteiger partial charge in [-0.25, -0.2) is 5.10 Å². The van der Waals surface area contributed by atoms with Crippen molar-refractivity contribution in [2.24, 2.45) is 5.10 Å². The highest BCUT2D eigenvalue weighted by atomic mass is 32.1. The molecule has 5 aromatic rings. The summed E-state index contributed by atoms with van der Waals surface area (Å²) in [5.74, 6) is 2.06. The van der Waals surface area contributed by atoms with Gasteiger partial charge in [-0.1, -0.05) is 24.3 Å². The van der Waals surface area contributed by atoms with Crippen molar-refractivity contribution in [2.75, 3.05) is 21.3 Å². The van der Waals surface area contributed by atoms with E-state index in [1.807, 2.05) is 12.1 Å². The van der Waals surface area contributed by atoms with Gasteiger partial charge in [0.15, 0.2) is 17.3 Å². The normalized spacial score (nSPS) is 11.5. The molecule has 0 saturated heterocycles. The van der Waals surface area contributed by atoms with Crippen LogP contribution in [0.3, 0.4) is 0 Å². The van der Waals surface area contributed by atoms with Gasteiger partial charge in [-0.3, -0.25) is 0 Å². The lowest BCUT2D eigenvalue weighted by Gasteiger charge is -2.13. The van der Waals surface area contributed by atoms with Crippen molar-refractivity contribution in [3.63, 3.8) is 0 Å². The summed E-state index contributed by atoms with van der Waals surface area (Å²) in [4.78, 5) is 0. The Hall–Kier alpha value is -4.11. The first-order chi connectivity index (χ1) is 17.1. The van der Waals surface area contributed by atoms with Gasteiger partial charge in [0.25, 0.3) is 0 Å². The van der Waals surface area contributed by atoms with Crippen LogP contribution in [0.25, 0.3) is 33.2 Å². The van der Waals surface area contributed by atoms with Crippen LogP contribution in [-0.2, 0) is 6.54 Å². The Morgan fingerprint density at radius 1 is 0.943 bits per heavy atom. The Labute approximate surface area is 207 Å². The largest absolute Gasteiger partial charge is 0.493 e. The summed E-state index contributed by atoms with van der Waals surface area (Å²) in [6.45, 7) is 3.06. The van der Waals surface area contributed by atoms with Crippen molar-refractivity contribution in [3.8, 4) is 28.6 Å². The summed E-state index contributed by atoms with van der Waals surface area (Å²) < 4.78 is 20.7. The Bertz CT molecular complexity index is 1600. The number of aryl methyl sites for hydroxylation is 1.